The average Bonchev–Trinajstić information content (AvgIpc) is 3.34. The molecule has 122 valence electrons. The fourth-order valence-corrected chi connectivity index (χ4v) is 2.74. The monoisotopic (exact) mass is 339 g/mol. The third-order valence-corrected chi connectivity index (χ3v) is 4.44. The van der Waals surface area contributed by atoms with Crippen LogP contribution in [0.15, 0.2) is 34.9 Å². The van der Waals surface area contributed by atoms with E-state index < -0.39 is 0 Å². The molecule has 3 aromatic heterocycles. The Morgan fingerprint density at radius 3 is 2.79 bits per heavy atom. The van der Waals surface area contributed by atoms with Crippen molar-refractivity contribution in [3.05, 3.63) is 36.2 Å². The lowest BCUT2D eigenvalue weighted by Crippen LogP contribution is -2.33. The second-order valence-electron chi connectivity index (χ2n) is 5.98. The molecule has 1 N–H and O–H groups in total. The molecule has 0 aliphatic heterocycles. The SMILES string of the molecule is Cc1ccc(-c2cnc3ccc(NC(=S)N(C)C4CC4)nc3n2)o1. The Morgan fingerprint density at radius 1 is 1.25 bits per heavy atom. The minimum atomic E-state index is 0.555. The third-order valence-electron chi connectivity index (χ3n) is 4.05. The molecule has 0 aromatic carbocycles. The summed E-state index contributed by atoms with van der Waals surface area (Å²) in [6, 6.07) is 8.08. The van der Waals surface area contributed by atoms with Crippen LogP contribution >= 0.6 is 12.2 Å². The first-order chi connectivity index (χ1) is 11.6. The molecule has 0 unspecified atom stereocenters. The van der Waals surface area contributed by atoms with Gasteiger partial charge < -0.3 is 14.6 Å². The molecule has 0 spiro atoms. The van der Waals surface area contributed by atoms with Gasteiger partial charge in [0.2, 0.25) is 0 Å². The topological polar surface area (TPSA) is 67.1 Å². The number of hydrogen-bond acceptors (Lipinski definition) is 5. The molecule has 0 radical (unpaired) electrons. The Bertz CT molecular complexity index is 918. The van der Waals surface area contributed by atoms with E-state index in [1.807, 2.05) is 38.2 Å². The van der Waals surface area contributed by atoms with Crippen molar-refractivity contribution in [3.63, 3.8) is 0 Å². The van der Waals surface area contributed by atoms with E-state index in [0.29, 0.717) is 34.1 Å². The summed E-state index contributed by atoms with van der Waals surface area (Å²) in [5, 5.41) is 3.85. The Kier molecular flexibility index (Phi) is 3.65. The van der Waals surface area contributed by atoms with Gasteiger partial charge in [-0.1, -0.05) is 0 Å². The van der Waals surface area contributed by atoms with Crippen LogP contribution in [0.3, 0.4) is 0 Å². The highest BCUT2D eigenvalue weighted by molar-refractivity contribution is 7.80. The lowest BCUT2D eigenvalue weighted by Gasteiger charge is -2.19. The van der Waals surface area contributed by atoms with Crippen LogP contribution in [-0.4, -0.2) is 38.1 Å². The van der Waals surface area contributed by atoms with Crippen LogP contribution in [0.5, 0.6) is 0 Å². The van der Waals surface area contributed by atoms with Crippen molar-refractivity contribution in [2.45, 2.75) is 25.8 Å². The van der Waals surface area contributed by atoms with E-state index >= 15 is 0 Å². The Morgan fingerprint density at radius 2 is 2.08 bits per heavy atom. The van der Waals surface area contributed by atoms with E-state index in [1.54, 1.807) is 6.20 Å². The lowest BCUT2D eigenvalue weighted by molar-refractivity contribution is 0.503. The zero-order valence-corrected chi connectivity index (χ0v) is 14.3. The van der Waals surface area contributed by atoms with Crippen LogP contribution < -0.4 is 5.32 Å². The van der Waals surface area contributed by atoms with E-state index in [4.69, 9.17) is 16.6 Å². The summed E-state index contributed by atoms with van der Waals surface area (Å²) in [5.41, 5.74) is 1.95. The summed E-state index contributed by atoms with van der Waals surface area (Å²) >= 11 is 5.43. The zero-order chi connectivity index (χ0) is 16.7. The molecule has 0 saturated heterocycles. The van der Waals surface area contributed by atoms with Crippen molar-refractivity contribution in [2.24, 2.45) is 0 Å². The van der Waals surface area contributed by atoms with Crippen LogP contribution in [0.4, 0.5) is 5.82 Å². The summed E-state index contributed by atoms with van der Waals surface area (Å²) in [6.07, 6.45) is 4.09. The van der Waals surface area contributed by atoms with E-state index in [0.717, 1.165) is 11.3 Å². The molecule has 24 heavy (non-hydrogen) atoms. The van der Waals surface area contributed by atoms with Gasteiger partial charge in [-0.15, -0.1) is 0 Å². The second-order valence-corrected chi connectivity index (χ2v) is 6.36. The fraction of sp³-hybridized carbons (Fsp3) is 0.294. The number of rotatable bonds is 3. The smallest absolute Gasteiger partial charge is 0.180 e. The number of furan rings is 1. The molecule has 7 heteroatoms. The van der Waals surface area contributed by atoms with E-state index in [9.17, 15) is 0 Å². The summed E-state index contributed by atoms with van der Waals surface area (Å²) in [7, 11) is 2.01. The van der Waals surface area contributed by atoms with Crippen molar-refractivity contribution in [1.82, 2.24) is 19.9 Å². The van der Waals surface area contributed by atoms with Gasteiger partial charge in [-0.2, -0.15) is 0 Å². The molecule has 4 rings (SSSR count). The van der Waals surface area contributed by atoms with Crippen LogP contribution in [0.1, 0.15) is 18.6 Å². The minimum Gasteiger partial charge on any atom is -0.460 e. The number of nitrogens with one attached hydrogen (secondary N) is 1. The minimum absolute atomic E-state index is 0.555. The standard InChI is InChI=1S/C17H17N5OS/c1-10-3-7-14(23-10)13-9-18-12-6-8-15(20-16(12)19-13)21-17(24)22(2)11-4-5-11/h3,6-9,11H,4-5H2,1-2H3,(H,19,20,21,24). The normalized spacial score (nSPS) is 13.9. The molecule has 1 fully saturated rings. The summed E-state index contributed by atoms with van der Waals surface area (Å²) in [5.74, 6) is 2.19. The Hall–Kier alpha value is -2.54. The first-order valence-electron chi connectivity index (χ1n) is 7.84. The van der Waals surface area contributed by atoms with Crippen molar-refractivity contribution in [3.8, 4) is 11.5 Å². The van der Waals surface area contributed by atoms with E-state index in [2.05, 4.69) is 25.2 Å². The molecular weight excluding hydrogens is 322 g/mol. The van der Waals surface area contributed by atoms with Crippen LogP contribution in [0.25, 0.3) is 22.6 Å². The van der Waals surface area contributed by atoms with Gasteiger partial charge in [0, 0.05) is 13.1 Å². The molecule has 1 saturated carbocycles. The number of hydrogen-bond donors (Lipinski definition) is 1. The molecule has 3 aromatic rings. The van der Waals surface area contributed by atoms with Crippen LogP contribution in [-0.2, 0) is 0 Å². The lowest BCUT2D eigenvalue weighted by atomic mass is 10.3. The largest absolute Gasteiger partial charge is 0.460 e. The Labute approximate surface area is 144 Å². The van der Waals surface area contributed by atoms with Gasteiger partial charge in [0.15, 0.2) is 16.5 Å². The molecule has 6 nitrogen and oxygen atoms in total. The highest BCUT2D eigenvalue weighted by Gasteiger charge is 2.27. The number of pyridine rings is 1. The summed E-state index contributed by atoms with van der Waals surface area (Å²) in [4.78, 5) is 15.6. The highest BCUT2D eigenvalue weighted by Crippen LogP contribution is 2.26. The van der Waals surface area contributed by atoms with Crippen molar-refractivity contribution in [1.29, 1.82) is 0 Å². The van der Waals surface area contributed by atoms with Gasteiger partial charge in [-0.3, -0.25) is 4.98 Å². The summed E-state index contributed by atoms with van der Waals surface area (Å²) in [6.45, 7) is 1.90. The van der Waals surface area contributed by atoms with E-state index in [1.165, 1.54) is 12.8 Å². The number of aryl methyl sites for hydroxylation is 1. The van der Waals surface area contributed by atoms with Gasteiger partial charge in [0.1, 0.15) is 22.8 Å². The van der Waals surface area contributed by atoms with Gasteiger partial charge >= 0.3 is 0 Å². The number of nitrogens with zero attached hydrogens (tertiary/aromatic N) is 4. The van der Waals surface area contributed by atoms with Gasteiger partial charge in [-0.05, 0) is 56.2 Å². The third kappa shape index (κ3) is 2.94. The van der Waals surface area contributed by atoms with Gasteiger partial charge in [0.05, 0.1) is 6.20 Å². The van der Waals surface area contributed by atoms with Crippen molar-refractivity contribution in [2.75, 3.05) is 12.4 Å². The molecule has 1 aliphatic rings. The number of anilines is 1. The van der Waals surface area contributed by atoms with E-state index in [-0.39, 0.29) is 0 Å². The van der Waals surface area contributed by atoms with Crippen molar-refractivity contribution < 1.29 is 4.42 Å². The number of aromatic nitrogens is 3. The average molecular weight is 339 g/mol. The molecule has 0 bridgehead atoms. The molecule has 3 heterocycles. The van der Waals surface area contributed by atoms with Crippen molar-refractivity contribution >= 4 is 34.3 Å². The molecular formula is C17H17N5OS. The fourth-order valence-electron chi connectivity index (χ4n) is 2.48. The zero-order valence-electron chi connectivity index (χ0n) is 13.5. The second kappa shape index (κ2) is 5.83. The first-order valence-corrected chi connectivity index (χ1v) is 8.25. The van der Waals surface area contributed by atoms with Crippen LogP contribution in [0, 0.1) is 6.92 Å². The predicted molar refractivity (Wildman–Crippen MR) is 96.8 cm³/mol. The number of thiocarbonyl (C=S) groups is 1. The molecule has 0 atom stereocenters. The van der Waals surface area contributed by atoms with Gasteiger partial charge in [-0.25, -0.2) is 9.97 Å². The quantitative estimate of drug-likeness (QED) is 0.734. The summed E-state index contributed by atoms with van der Waals surface area (Å²) < 4.78 is 5.60. The maximum atomic E-state index is 5.60. The maximum absolute atomic E-state index is 5.60. The number of fused-ring (bicyclic) bond motifs is 1. The van der Waals surface area contributed by atoms with Crippen LogP contribution in [0.2, 0.25) is 0 Å². The first kappa shape index (κ1) is 15.0. The Balaban J connectivity index is 1.62. The maximum Gasteiger partial charge on any atom is 0.180 e. The van der Waals surface area contributed by atoms with Gasteiger partial charge in [0.25, 0.3) is 0 Å². The predicted octanol–water partition coefficient (Wildman–Crippen LogP) is 3.38. The molecule has 0 amide bonds. The molecule has 1 aliphatic carbocycles. The highest BCUT2D eigenvalue weighted by atomic mass is 32.1.